The first-order valence-corrected chi connectivity index (χ1v) is 7.13. The van der Waals surface area contributed by atoms with E-state index in [1.807, 2.05) is 14.1 Å². The van der Waals surface area contributed by atoms with Gasteiger partial charge in [-0.05, 0) is 32.0 Å². The average Bonchev–Trinajstić information content (AvgIpc) is 3.16. The Morgan fingerprint density at radius 3 is 2.42 bits per heavy atom. The van der Waals surface area contributed by atoms with E-state index >= 15 is 0 Å². The average molecular weight is 301 g/mol. The molecule has 1 aliphatic carbocycles. The molecule has 0 radical (unpaired) electrons. The summed E-state index contributed by atoms with van der Waals surface area (Å²) in [5.74, 6) is 0.109. The Labute approximate surface area is 123 Å². The summed E-state index contributed by atoms with van der Waals surface area (Å²) in [6.07, 6.45) is 1.64. The lowest BCUT2D eigenvalue weighted by molar-refractivity contribution is -0.132. The molecule has 2 rings (SSSR count). The van der Waals surface area contributed by atoms with Crippen molar-refractivity contribution < 1.29 is 4.79 Å². The van der Waals surface area contributed by atoms with Gasteiger partial charge in [0, 0.05) is 35.7 Å². The Morgan fingerprint density at radius 1 is 1.37 bits per heavy atom. The summed E-state index contributed by atoms with van der Waals surface area (Å²) in [6, 6.07) is 5.40. The van der Waals surface area contributed by atoms with Gasteiger partial charge >= 0.3 is 0 Å². The van der Waals surface area contributed by atoms with Crippen molar-refractivity contribution in [3.8, 4) is 0 Å². The number of amides is 1. The van der Waals surface area contributed by atoms with Crippen LogP contribution in [0.1, 0.15) is 18.4 Å². The van der Waals surface area contributed by atoms with Crippen LogP contribution in [0.4, 0.5) is 0 Å². The fourth-order valence-electron chi connectivity index (χ4n) is 2.40. The summed E-state index contributed by atoms with van der Waals surface area (Å²) in [7, 11) is 3.70. The van der Waals surface area contributed by atoms with Crippen LogP contribution in [-0.4, -0.2) is 38.0 Å². The van der Waals surface area contributed by atoms with Crippen LogP contribution < -0.4 is 5.32 Å². The predicted molar refractivity (Wildman–Crippen MR) is 78.9 cm³/mol. The highest BCUT2D eigenvalue weighted by atomic mass is 35.5. The Hall–Kier alpha value is -0.770. The van der Waals surface area contributed by atoms with Gasteiger partial charge in [-0.3, -0.25) is 4.79 Å². The first-order valence-electron chi connectivity index (χ1n) is 6.37. The molecule has 1 saturated carbocycles. The third-order valence-corrected chi connectivity index (χ3v) is 4.27. The Kier molecular flexibility index (Phi) is 4.39. The molecule has 1 N–H and O–H groups in total. The highest BCUT2D eigenvalue weighted by Crippen LogP contribution is 2.53. The van der Waals surface area contributed by atoms with Crippen LogP contribution in [0.3, 0.4) is 0 Å². The van der Waals surface area contributed by atoms with E-state index in [2.05, 4.69) is 5.32 Å². The van der Waals surface area contributed by atoms with E-state index in [9.17, 15) is 4.79 Å². The molecule has 0 atom stereocenters. The van der Waals surface area contributed by atoms with Gasteiger partial charge in [-0.15, -0.1) is 0 Å². The highest BCUT2D eigenvalue weighted by Gasteiger charge is 2.54. The lowest BCUT2D eigenvalue weighted by Crippen LogP contribution is -2.40. The van der Waals surface area contributed by atoms with Crippen LogP contribution in [0.15, 0.2) is 18.2 Å². The van der Waals surface area contributed by atoms with E-state index in [1.54, 1.807) is 23.1 Å². The molecule has 0 heterocycles. The topological polar surface area (TPSA) is 32.3 Å². The van der Waals surface area contributed by atoms with Gasteiger partial charge in [0.1, 0.15) is 0 Å². The minimum atomic E-state index is -0.502. The van der Waals surface area contributed by atoms with Crippen LogP contribution in [0.25, 0.3) is 0 Å². The van der Waals surface area contributed by atoms with Crippen LogP contribution in [0, 0.1) is 0 Å². The summed E-state index contributed by atoms with van der Waals surface area (Å²) < 4.78 is 0. The van der Waals surface area contributed by atoms with Crippen molar-refractivity contribution in [3.63, 3.8) is 0 Å². The molecule has 3 nitrogen and oxygen atoms in total. The van der Waals surface area contributed by atoms with Gasteiger partial charge in [-0.1, -0.05) is 29.3 Å². The van der Waals surface area contributed by atoms with E-state index in [1.165, 1.54) is 0 Å². The van der Waals surface area contributed by atoms with Gasteiger partial charge in [0.05, 0.1) is 5.41 Å². The summed E-state index contributed by atoms with van der Waals surface area (Å²) in [5, 5.41) is 4.21. The molecule has 1 aliphatic rings. The van der Waals surface area contributed by atoms with Crippen molar-refractivity contribution >= 4 is 29.1 Å². The number of carbonyl (C=O) groups excluding carboxylic acids is 1. The van der Waals surface area contributed by atoms with Gasteiger partial charge in [0.2, 0.25) is 5.91 Å². The van der Waals surface area contributed by atoms with E-state index in [0.717, 1.165) is 24.9 Å². The Balaban J connectivity index is 2.26. The van der Waals surface area contributed by atoms with Gasteiger partial charge < -0.3 is 10.2 Å². The quantitative estimate of drug-likeness (QED) is 0.907. The second kappa shape index (κ2) is 5.70. The molecular weight excluding hydrogens is 283 g/mol. The zero-order chi connectivity index (χ0) is 14.0. The molecular formula is C14H18Cl2N2O. The minimum Gasteiger partial charge on any atom is -0.344 e. The third-order valence-electron chi connectivity index (χ3n) is 3.64. The Bertz CT molecular complexity index is 466. The second-order valence-corrected chi connectivity index (χ2v) is 5.82. The number of nitrogens with one attached hydrogen (secondary N) is 1. The standard InChI is InChI=1S/C14H18Cl2N2O/c1-17-8-9-18(2)13(19)14(6-7-14)12-10(15)4-3-5-11(12)16/h3-5,17H,6-9H2,1-2H3. The second-order valence-electron chi connectivity index (χ2n) is 5.01. The van der Waals surface area contributed by atoms with Crippen molar-refractivity contribution in [1.82, 2.24) is 10.2 Å². The number of benzene rings is 1. The molecule has 19 heavy (non-hydrogen) atoms. The van der Waals surface area contributed by atoms with Gasteiger partial charge in [-0.2, -0.15) is 0 Å². The molecule has 5 heteroatoms. The van der Waals surface area contributed by atoms with E-state index < -0.39 is 5.41 Å². The summed E-state index contributed by atoms with van der Waals surface area (Å²) in [4.78, 5) is 14.4. The number of nitrogens with zero attached hydrogens (tertiary/aromatic N) is 1. The normalized spacial score (nSPS) is 16.2. The molecule has 104 valence electrons. The first kappa shape index (κ1) is 14.6. The molecule has 0 aromatic heterocycles. The van der Waals surface area contributed by atoms with Gasteiger partial charge in [0.15, 0.2) is 0 Å². The molecule has 1 fully saturated rings. The fourth-order valence-corrected chi connectivity index (χ4v) is 3.16. The number of hydrogen-bond acceptors (Lipinski definition) is 2. The molecule has 0 bridgehead atoms. The number of rotatable bonds is 5. The van der Waals surface area contributed by atoms with Crippen LogP contribution in [0.5, 0.6) is 0 Å². The van der Waals surface area contributed by atoms with E-state index in [4.69, 9.17) is 23.2 Å². The van der Waals surface area contributed by atoms with Crippen molar-refractivity contribution in [2.45, 2.75) is 18.3 Å². The maximum absolute atomic E-state index is 12.6. The van der Waals surface area contributed by atoms with Crippen molar-refractivity contribution in [3.05, 3.63) is 33.8 Å². The third kappa shape index (κ3) is 2.73. The Morgan fingerprint density at radius 2 is 1.95 bits per heavy atom. The maximum Gasteiger partial charge on any atom is 0.233 e. The van der Waals surface area contributed by atoms with E-state index in [-0.39, 0.29) is 5.91 Å². The molecule has 0 aliphatic heterocycles. The number of halogens is 2. The monoisotopic (exact) mass is 300 g/mol. The molecule has 0 spiro atoms. The van der Waals surface area contributed by atoms with Crippen molar-refractivity contribution in [2.24, 2.45) is 0 Å². The van der Waals surface area contributed by atoms with Crippen molar-refractivity contribution in [1.29, 1.82) is 0 Å². The largest absolute Gasteiger partial charge is 0.344 e. The van der Waals surface area contributed by atoms with Gasteiger partial charge in [-0.25, -0.2) is 0 Å². The van der Waals surface area contributed by atoms with Crippen LogP contribution >= 0.6 is 23.2 Å². The SMILES string of the molecule is CNCCN(C)C(=O)C1(c2c(Cl)cccc2Cl)CC1. The smallest absolute Gasteiger partial charge is 0.233 e. The zero-order valence-corrected chi connectivity index (χ0v) is 12.7. The number of likely N-dealkylation sites (N-methyl/N-ethyl adjacent to an activating group) is 2. The van der Waals surface area contributed by atoms with Crippen molar-refractivity contribution in [2.75, 3.05) is 27.2 Å². The minimum absolute atomic E-state index is 0.109. The maximum atomic E-state index is 12.6. The number of carbonyl (C=O) groups is 1. The lowest BCUT2D eigenvalue weighted by Gasteiger charge is -2.25. The molecule has 1 aromatic rings. The fraction of sp³-hybridized carbons (Fsp3) is 0.500. The van der Waals surface area contributed by atoms with Gasteiger partial charge in [0.25, 0.3) is 0 Å². The number of hydrogen-bond donors (Lipinski definition) is 1. The lowest BCUT2D eigenvalue weighted by atomic mass is 9.94. The molecule has 1 aromatic carbocycles. The predicted octanol–water partition coefficient (Wildman–Crippen LogP) is 2.70. The first-order chi connectivity index (χ1) is 9.03. The summed E-state index contributed by atoms with van der Waals surface area (Å²) in [5.41, 5.74) is 0.289. The molecule has 0 unspecified atom stereocenters. The summed E-state index contributed by atoms with van der Waals surface area (Å²) in [6.45, 7) is 1.45. The van der Waals surface area contributed by atoms with E-state index in [0.29, 0.717) is 16.6 Å². The zero-order valence-electron chi connectivity index (χ0n) is 11.2. The summed E-state index contributed by atoms with van der Waals surface area (Å²) >= 11 is 12.5. The molecule has 1 amide bonds. The highest BCUT2D eigenvalue weighted by molar-refractivity contribution is 6.36. The van der Waals surface area contributed by atoms with Crippen LogP contribution in [0.2, 0.25) is 10.0 Å². The molecule has 0 saturated heterocycles. The van der Waals surface area contributed by atoms with Crippen LogP contribution in [-0.2, 0) is 10.2 Å².